The summed E-state index contributed by atoms with van der Waals surface area (Å²) in [6, 6.07) is 14.3. The number of thiazole rings is 1. The Bertz CT molecular complexity index is 1330. The van der Waals surface area contributed by atoms with Crippen molar-refractivity contribution in [2.45, 2.75) is 6.42 Å². The van der Waals surface area contributed by atoms with E-state index in [4.69, 9.17) is 23.2 Å². The van der Waals surface area contributed by atoms with E-state index < -0.39 is 5.56 Å². The third-order valence-electron chi connectivity index (χ3n) is 3.91. The van der Waals surface area contributed by atoms with Crippen LogP contribution in [0.2, 0.25) is 10.0 Å². The molecule has 0 atom stereocenters. The number of rotatable bonds is 3. The van der Waals surface area contributed by atoms with Crippen molar-refractivity contribution in [1.29, 1.82) is 0 Å². The standard InChI is InChI=1S/C19H11Cl2N3O2S/c20-13-6-3-4-11(8-13)9-16-18(26)24-19(27-16)22-17(25)15(23-24)10-12-5-1-2-7-14(12)21/h1-9H,10H2. The van der Waals surface area contributed by atoms with Crippen LogP contribution in [0.4, 0.5) is 0 Å². The first-order valence-corrected chi connectivity index (χ1v) is 9.52. The zero-order valence-corrected chi connectivity index (χ0v) is 16.1. The molecule has 2 heterocycles. The summed E-state index contributed by atoms with van der Waals surface area (Å²) in [6.07, 6.45) is 1.91. The quantitative estimate of drug-likeness (QED) is 0.515. The lowest BCUT2D eigenvalue weighted by molar-refractivity contribution is 0.811. The average molecular weight is 416 g/mol. The van der Waals surface area contributed by atoms with Gasteiger partial charge in [-0.25, -0.2) is 0 Å². The predicted molar refractivity (Wildman–Crippen MR) is 108 cm³/mol. The van der Waals surface area contributed by atoms with Crippen molar-refractivity contribution in [3.8, 4) is 0 Å². The molecule has 0 radical (unpaired) electrons. The minimum Gasteiger partial charge on any atom is -0.266 e. The molecule has 2 aromatic heterocycles. The first-order valence-electron chi connectivity index (χ1n) is 7.95. The summed E-state index contributed by atoms with van der Waals surface area (Å²) in [5.41, 5.74) is 0.905. The lowest BCUT2D eigenvalue weighted by atomic mass is 10.1. The van der Waals surface area contributed by atoms with E-state index in [1.807, 2.05) is 18.2 Å². The Morgan fingerprint density at radius 3 is 2.67 bits per heavy atom. The number of fused-ring (bicyclic) bond motifs is 1. The summed E-state index contributed by atoms with van der Waals surface area (Å²) in [7, 11) is 0. The molecule has 0 saturated heterocycles. The smallest absolute Gasteiger partial charge is 0.266 e. The fourth-order valence-electron chi connectivity index (χ4n) is 2.62. The molecular weight excluding hydrogens is 405 g/mol. The SMILES string of the molecule is O=c1nc2sc(=Cc3cccc(Cl)c3)c(=O)n2nc1Cc1ccccc1Cl. The van der Waals surface area contributed by atoms with Gasteiger partial charge < -0.3 is 0 Å². The fraction of sp³-hybridized carbons (Fsp3) is 0.0526. The lowest BCUT2D eigenvalue weighted by Gasteiger charge is -2.02. The number of hydrogen-bond donors (Lipinski definition) is 0. The first-order chi connectivity index (χ1) is 13.0. The van der Waals surface area contributed by atoms with Crippen LogP contribution in [0.15, 0.2) is 58.1 Å². The Kier molecular flexibility index (Phi) is 4.78. The van der Waals surface area contributed by atoms with Crippen LogP contribution in [0.3, 0.4) is 0 Å². The Hall–Kier alpha value is -2.54. The van der Waals surface area contributed by atoms with Crippen LogP contribution in [-0.2, 0) is 6.42 Å². The van der Waals surface area contributed by atoms with Crippen LogP contribution < -0.4 is 15.7 Å². The first kappa shape index (κ1) is 17.9. The summed E-state index contributed by atoms with van der Waals surface area (Å²) in [5.74, 6) is 0. The second-order valence-electron chi connectivity index (χ2n) is 5.80. The molecule has 0 N–H and O–H groups in total. The van der Waals surface area contributed by atoms with Gasteiger partial charge in [0.05, 0.1) is 4.53 Å². The number of hydrogen-bond acceptors (Lipinski definition) is 5. The second-order valence-corrected chi connectivity index (χ2v) is 7.65. The van der Waals surface area contributed by atoms with E-state index in [2.05, 4.69) is 10.1 Å². The topological polar surface area (TPSA) is 64.3 Å². The van der Waals surface area contributed by atoms with Crippen molar-refractivity contribution in [2.24, 2.45) is 0 Å². The van der Waals surface area contributed by atoms with Crippen LogP contribution in [0.5, 0.6) is 0 Å². The van der Waals surface area contributed by atoms with E-state index in [9.17, 15) is 9.59 Å². The third kappa shape index (κ3) is 3.64. The maximum atomic E-state index is 12.7. The molecule has 27 heavy (non-hydrogen) atoms. The highest BCUT2D eigenvalue weighted by Gasteiger charge is 2.12. The fourth-order valence-corrected chi connectivity index (χ4v) is 3.93. The lowest BCUT2D eigenvalue weighted by Crippen LogP contribution is -2.28. The van der Waals surface area contributed by atoms with E-state index in [-0.39, 0.29) is 22.6 Å². The Morgan fingerprint density at radius 2 is 1.89 bits per heavy atom. The Balaban J connectivity index is 1.83. The Morgan fingerprint density at radius 1 is 1.07 bits per heavy atom. The number of halogens is 2. The molecule has 0 unspecified atom stereocenters. The van der Waals surface area contributed by atoms with Crippen molar-refractivity contribution in [1.82, 2.24) is 14.6 Å². The minimum absolute atomic E-state index is 0.171. The maximum Gasteiger partial charge on any atom is 0.296 e. The van der Waals surface area contributed by atoms with Crippen molar-refractivity contribution >= 4 is 45.6 Å². The molecule has 0 bridgehead atoms. The zero-order valence-electron chi connectivity index (χ0n) is 13.7. The van der Waals surface area contributed by atoms with Gasteiger partial charge >= 0.3 is 0 Å². The summed E-state index contributed by atoms with van der Waals surface area (Å²) in [6.45, 7) is 0. The summed E-state index contributed by atoms with van der Waals surface area (Å²) in [5, 5.41) is 5.33. The van der Waals surface area contributed by atoms with E-state index >= 15 is 0 Å². The van der Waals surface area contributed by atoms with Crippen LogP contribution in [-0.4, -0.2) is 14.6 Å². The highest BCUT2D eigenvalue weighted by Crippen LogP contribution is 2.17. The summed E-state index contributed by atoms with van der Waals surface area (Å²) in [4.78, 5) is 29.3. The molecule has 2 aromatic carbocycles. The summed E-state index contributed by atoms with van der Waals surface area (Å²) < 4.78 is 1.58. The third-order valence-corrected chi connectivity index (χ3v) is 5.48. The normalized spacial score (nSPS) is 12.0. The predicted octanol–water partition coefficient (Wildman–Crippen LogP) is 2.96. The minimum atomic E-state index is -0.467. The van der Waals surface area contributed by atoms with Gasteiger partial charge in [0.1, 0.15) is 5.69 Å². The monoisotopic (exact) mass is 415 g/mol. The van der Waals surface area contributed by atoms with Crippen LogP contribution in [0.25, 0.3) is 11.0 Å². The number of nitrogens with zero attached hydrogens (tertiary/aromatic N) is 3. The largest absolute Gasteiger partial charge is 0.296 e. The summed E-state index contributed by atoms with van der Waals surface area (Å²) >= 11 is 13.2. The average Bonchev–Trinajstić information content (AvgIpc) is 2.92. The van der Waals surface area contributed by atoms with Gasteiger partial charge in [-0.3, -0.25) is 9.59 Å². The maximum absolute atomic E-state index is 12.7. The molecule has 0 aliphatic carbocycles. The molecule has 0 amide bonds. The molecule has 0 aliphatic heterocycles. The molecule has 0 spiro atoms. The van der Waals surface area contributed by atoms with Crippen LogP contribution in [0, 0.1) is 0 Å². The van der Waals surface area contributed by atoms with Crippen LogP contribution in [0.1, 0.15) is 16.8 Å². The second kappa shape index (κ2) is 7.23. The molecule has 4 rings (SSSR count). The van der Waals surface area contributed by atoms with Gasteiger partial charge in [-0.2, -0.15) is 14.6 Å². The Labute approximate surface area is 167 Å². The number of aromatic nitrogens is 3. The molecule has 0 saturated carbocycles. The molecule has 134 valence electrons. The molecular formula is C19H11Cl2N3O2S. The van der Waals surface area contributed by atoms with E-state index in [0.29, 0.717) is 14.6 Å². The van der Waals surface area contributed by atoms with Gasteiger partial charge in [0.25, 0.3) is 11.1 Å². The van der Waals surface area contributed by atoms with Gasteiger partial charge in [0.2, 0.25) is 4.96 Å². The van der Waals surface area contributed by atoms with Gasteiger partial charge in [-0.15, -0.1) is 0 Å². The highest BCUT2D eigenvalue weighted by molar-refractivity contribution is 7.15. The molecule has 4 aromatic rings. The van der Waals surface area contributed by atoms with Crippen molar-refractivity contribution < 1.29 is 0 Å². The van der Waals surface area contributed by atoms with Crippen LogP contribution >= 0.6 is 34.5 Å². The van der Waals surface area contributed by atoms with Crippen molar-refractivity contribution in [2.75, 3.05) is 0 Å². The van der Waals surface area contributed by atoms with E-state index in [0.717, 1.165) is 27.0 Å². The van der Waals surface area contributed by atoms with Gasteiger partial charge in [0, 0.05) is 16.5 Å². The van der Waals surface area contributed by atoms with Gasteiger partial charge in [0.15, 0.2) is 0 Å². The molecule has 0 aliphatic rings. The number of benzene rings is 2. The zero-order chi connectivity index (χ0) is 19.0. The van der Waals surface area contributed by atoms with E-state index in [1.165, 1.54) is 0 Å². The van der Waals surface area contributed by atoms with Crippen molar-refractivity contribution in [3.63, 3.8) is 0 Å². The van der Waals surface area contributed by atoms with E-state index in [1.54, 1.807) is 36.4 Å². The molecule has 5 nitrogen and oxygen atoms in total. The molecule has 0 fully saturated rings. The van der Waals surface area contributed by atoms with Crippen molar-refractivity contribution in [3.05, 3.63) is 101 Å². The van der Waals surface area contributed by atoms with Gasteiger partial charge in [-0.05, 0) is 35.4 Å². The molecule has 8 heteroatoms. The van der Waals surface area contributed by atoms with Gasteiger partial charge in [-0.1, -0.05) is 64.9 Å². The highest BCUT2D eigenvalue weighted by atomic mass is 35.5.